The minimum Gasteiger partial charge on any atom is -0.497 e. The molecule has 0 fully saturated rings. The number of carbonyl (C=O) groups excluding carboxylic acids is 2. The molecule has 0 aliphatic rings. The number of methoxy groups -OCH3 is 1. The van der Waals surface area contributed by atoms with Gasteiger partial charge in [-0.2, -0.15) is 0 Å². The second-order valence-corrected chi connectivity index (χ2v) is 5.87. The third-order valence-electron chi connectivity index (χ3n) is 3.52. The lowest BCUT2D eigenvalue weighted by molar-refractivity contribution is -0.119. The van der Waals surface area contributed by atoms with Crippen LogP contribution in [0.3, 0.4) is 0 Å². The molecule has 2 N–H and O–H groups in total. The van der Waals surface area contributed by atoms with Gasteiger partial charge >= 0.3 is 0 Å². The smallest absolute Gasteiger partial charge is 0.238 e. The number of ether oxygens (including phenoxy) is 1. The number of likely N-dealkylation sites (N-methyl/N-ethyl adjacent to an activating group) is 1. The first-order valence-corrected chi connectivity index (χ1v) is 7.95. The molecular weight excluding hydrogens is 318 g/mol. The number of nitrogens with one attached hydrogen (secondary N) is 2. The Morgan fingerprint density at radius 2 is 1.56 bits per heavy atom. The van der Waals surface area contributed by atoms with Crippen molar-refractivity contribution in [3.05, 3.63) is 54.1 Å². The number of amides is 2. The van der Waals surface area contributed by atoms with Gasteiger partial charge in [0.25, 0.3) is 0 Å². The Hall–Kier alpha value is -2.86. The van der Waals surface area contributed by atoms with Crippen LogP contribution < -0.4 is 15.4 Å². The first-order valence-electron chi connectivity index (χ1n) is 7.95. The molecule has 0 saturated heterocycles. The quantitative estimate of drug-likeness (QED) is 0.812. The molecule has 132 valence electrons. The largest absolute Gasteiger partial charge is 0.497 e. The molecule has 2 aromatic carbocycles. The van der Waals surface area contributed by atoms with Crippen LogP contribution in [-0.2, 0) is 9.59 Å². The molecular formula is C19H23N3O3. The predicted molar refractivity (Wildman–Crippen MR) is 98.9 cm³/mol. The van der Waals surface area contributed by atoms with Gasteiger partial charge in [-0.1, -0.05) is 23.8 Å². The van der Waals surface area contributed by atoms with Crippen molar-refractivity contribution in [3.63, 3.8) is 0 Å². The van der Waals surface area contributed by atoms with E-state index in [1.165, 1.54) is 0 Å². The maximum atomic E-state index is 12.1. The van der Waals surface area contributed by atoms with Crippen molar-refractivity contribution in [2.45, 2.75) is 6.92 Å². The Bertz CT molecular complexity index is 729. The number of hydrogen-bond donors (Lipinski definition) is 2. The van der Waals surface area contributed by atoms with Crippen LogP contribution in [0.25, 0.3) is 0 Å². The van der Waals surface area contributed by atoms with E-state index in [1.54, 1.807) is 43.3 Å². The normalized spacial score (nSPS) is 10.4. The topological polar surface area (TPSA) is 70.7 Å². The van der Waals surface area contributed by atoms with E-state index in [-0.39, 0.29) is 24.9 Å². The lowest BCUT2D eigenvalue weighted by atomic mass is 10.2. The van der Waals surface area contributed by atoms with Crippen molar-refractivity contribution in [2.24, 2.45) is 0 Å². The van der Waals surface area contributed by atoms with Gasteiger partial charge in [0.15, 0.2) is 0 Å². The van der Waals surface area contributed by atoms with Crippen LogP contribution in [0, 0.1) is 6.92 Å². The van der Waals surface area contributed by atoms with Crippen molar-refractivity contribution in [3.8, 4) is 5.75 Å². The number of nitrogens with zero attached hydrogens (tertiary/aromatic N) is 1. The van der Waals surface area contributed by atoms with Crippen LogP contribution in [0.15, 0.2) is 48.5 Å². The van der Waals surface area contributed by atoms with Crippen molar-refractivity contribution < 1.29 is 14.3 Å². The first-order chi connectivity index (χ1) is 12.0. The molecule has 0 atom stereocenters. The Balaban J connectivity index is 1.80. The minimum atomic E-state index is -0.195. The molecule has 2 aromatic rings. The molecule has 2 rings (SSSR count). The highest BCUT2D eigenvalue weighted by molar-refractivity contribution is 5.94. The van der Waals surface area contributed by atoms with Crippen molar-refractivity contribution in [1.82, 2.24) is 4.90 Å². The second kappa shape index (κ2) is 8.84. The average molecular weight is 341 g/mol. The van der Waals surface area contributed by atoms with Gasteiger partial charge in [0.1, 0.15) is 5.75 Å². The number of carbonyl (C=O) groups is 2. The summed E-state index contributed by atoms with van der Waals surface area (Å²) < 4.78 is 5.12. The van der Waals surface area contributed by atoms with Gasteiger partial charge in [-0.05, 0) is 38.2 Å². The summed E-state index contributed by atoms with van der Waals surface area (Å²) in [6, 6.07) is 14.7. The fraction of sp³-hybridized carbons (Fsp3) is 0.263. The van der Waals surface area contributed by atoms with E-state index in [0.717, 1.165) is 11.3 Å². The van der Waals surface area contributed by atoms with E-state index in [2.05, 4.69) is 10.6 Å². The summed E-state index contributed by atoms with van der Waals surface area (Å²) in [5.41, 5.74) is 2.52. The van der Waals surface area contributed by atoms with Gasteiger partial charge in [-0.3, -0.25) is 14.5 Å². The molecule has 0 saturated carbocycles. The van der Waals surface area contributed by atoms with Gasteiger partial charge in [0.2, 0.25) is 11.8 Å². The maximum absolute atomic E-state index is 12.1. The number of anilines is 2. The van der Waals surface area contributed by atoms with Gasteiger partial charge in [-0.25, -0.2) is 0 Å². The van der Waals surface area contributed by atoms with E-state index in [9.17, 15) is 9.59 Å². The zero-order chi connectivity index (χ0) is 18.2. The monoisotopic (exact) mass is 341 g/mol. The van der Waals surface area contributed by atoms with Crippen molar-refractivity contribution in [1.29, 1.82) is 0 Å². The van der Waals surface area contributed by atoms with Gasteiger partial charge in [0, 0.05) is 17.4 Å². The second-order valence-electron chi connectivity index (χ2n) is 5.87. The third-order valence-corrected chi connectivity index (χ3v) is 3.52. The van der Waals surface area contributed by atoms with Crippen molar-refractivity contribution >= 4 is 23.2 Å². The fourth-order valence-corrected chi connectivity index (χ4v) is 2.28. The maximum Gasteiger partial charge on any atom is 0.238 e. The van der Waals surface area contributed by atoms with E-state index >= 15 is 0 Å². The Morgan fingerprint density at radius 1 is 0.960 bits per heavy atom. The van der Waals surface area contributed by atoms with E-state index in [0.29, 0.717) is 11.4 Å². The highest BCUT2D eigenvalue weighted by atomic mass is 16.5. The molecule has 0 unspecified atom stereocenters. The van der Waals surface area contributed by atoms with Gasteiger partial charge in [-0.15, -0.1) is 0 Å². The van der Waals surface area contributed by atoms with Crippen LogP contribution in [0.2, 0.25) is 0 Å². The van der Waals surface area contributed by atoms with E-state index in [1.807, 2.05) is 31.2 Å². The van der Waals surface area contributed by atoms with E-state index < -0.39 is 0 Å². The predicted octanol–water partition coefficient (Wildman–Crippen LogP) is 2.51. The summed E-state index contributed by atoms with van der Waals surface area (Å²) in [6.45, 7) is 2.22. The van der Waals surface area contributed by atoms with Crippen LogP contribution in [0.5, 0.6) is 5.75 Å². The fourth-order valence-electron chi connectivity index (χ4n) is 2.28. The summed E-state index contributed by atoms with van der Waals surface area (Å²) >= 11 is 0. The molecule has 0 aliphatic heterocycles. The zero-order valence-electron chi connectivity index (χ0n) is 14.7. The average Bonchev–Trinajstić information content (AvgIpc) is 2.56. The van der Waals surface area contributed by atoms with Crippen LogP contribution in [-0.4, -0.2) is 44.0 Å². The molecule has 6 nitrogen and oxygen atoms in total. The molecule has 0 aliphatic carbocycles. The highest BCUT2D eigenvalue weighted by Crippen LogP contribution is 2.16. The summed E-state index contributed by atoms with van der Waals surface area (Å²) in [7, 11) is 3.29. The Kier molecular flexibility index (Phi) is 6.54. The standard InChI is InChI=1S/C19H23N3O3/c1-14-7-9-15(10-8-14)20-18(23)12-22(2)13-19(24)21-16-5-4-6-17(11-16)25-3/h4-11H,12-13H2,1-3H3,(H,20,23)(H,21,24). The number of aryl methyl sites for hydroxylation is 1. The number of benzene rings is 2. The lowest BCUT2D eigenvalue weighted by Gasteiger charge is -2.16. The third kappa shape index (κ3) is 6.27. The summed E-state index contributed by atoms with van der Waals surface area (Å²) in [6.07, 6.45) is 0. The van der Waals surface area contributed by atoms with Crippen LogP contribution in [0.1, 0.15) is 5.56 Å². The molecule has 0 bridgehead atoms. The molecule has 6 heteroatoms. The lowest BCUT2D eigenvalue weighted by Crippen LogP contribution is -2.36. The highest BCUT2D eigenvalue weighted by Gasteiger charge is 2.11. The Labute approximate surface area is 147 Å². The first kappa shape index (κ1) is 18.5. The molecule has 0 aromatic heterocycles. The van der Waals surface area contributed by atoms with Crippen molar-refractivity contribution in [2.75, 3.05) is 37.9 Å². The number of rotatable bonds is 7. The minimum absolute atomic E-state index is 0.110. The Morgan fingerprint density at radius 3 is 2.16 bits per heavy atom. The van der Waals surface area contributed by atoms with Gasteiger partial charge < -0.3 is 15.4 Å². The van der Waals surface area contributed by atoms with Crippen LogP contribution in [0.4, 0.5) is 11.4 Å². The SMILES string of the molecule is COc1cccc(NC(=O)CN(C)CC(=O)Nc2ccc(C)cc2)c1. The molecule has 0 heterocycles. The molecule has 25 heavy (non-hydrogen) atoms. The molecule has 2 amide bonds. The molecule has 0 radical (unpaired) electrons. The summed E-state index contributed by atoms with van der Waals surface area (Å²) in [5, 5.41) is 5.59. The number of hydrogen-bond acceptors (Lipinski definition) is 4. The van der Waals surface area contributed by atoms with Gasteiger partial charge in [0.05, 0.1) is 20.2 Å². The van der Waals surface area contributed by atoms with E-state index in [4.69, 9.17) is 4.74 Å². The summed E-state index contributed by atoms with van der Waals surface area (Å²) in [5.74, 6) is 0.308. The summed E-state index contributed by atoms with van der Waals surface area (Å²) in [4.78, 5) is 25.8. The molecule has 0 spiro atoms. The van der Waals surface area contributed by atoms with Crippen LogP contribution >= 0.6 is 0 Å². The zero-order valence-corrected chi connectivity index (χ0v) is 14.7.